The van der Waals surface area contributed by atoms with Crippen LogP contribution in [0, 0.1) is 11.8 Å². The lowest BCUT2D eigenvalue weighted by molar-refractivity contribution is -0.107. The van der Waals surface area contributed by atoms with Crippen LogP contribution in [0.4, 0.5) is 0 Å². The van der Waals surface area contributed by atoms with E-state index in [-0.39, 0.29) is 0 Å². The molecule has 0 heterocycles. The van der Waals surface area contributed by atoms with Crippen LogP contribution < -0.4 is 0 Å². The third-order valence-corrected chi connectivity index (χ3v) is 2.70. The highest BCUT2D eigenvalue weighted by Crippen LogP contribution is 2.28. The van der Waals surface area contributed by atoms with Gasteiger partial charge in [-0.3, -0.25) is 0 Å². The van der Waals surface area contributed by atoms with Crippen molar-refractivity contribution in [2.24, 2.45) is 11.8 Å². The number of hydrogen-bond donors (Lipinski definition) is 0. The number of rotatable bonds is 3. The summed E-state index contributed by atoms with van der Waals surface area (Å²) in [4.78, 5) is 9.17. The van der Waals surface area contributed by atoms with Crippen LogP contribution >= 0.6 is 0 Å². The van der Waals surface area contributed by atoms with Gasteiger partial charge >= 0.3 is 0 Å². The minimum absolute atomic E-state index is 0.639. The molecule has 1 aliphatic carbocycles. The van der Waals surface area contributed by atoms with E-state index in [0.717, 1.165) is 18.1 Å². The van der Waals surface area contributed by atoms with Crippen molar-refractivity contribution >= 4 is 6.29 Å². The monoisotopic (exact) mass is 198 g/mol. The van der Waals surface area contributed by atoms with Crippen molar-refractivity contribution in [3.05, 3.63) is 0 Å². The molecular formula is C13H26O. The maximum absolute atomic E-state index is 9.17. The second-order valence-corrected chi connectivity index (χ2v) is 4.71. The summed E-state index contributed by atoms with van der Waals surface area (Å²) >= 11 is 0. The zero-order chi connectivity index (χ0) is 10.8. The van der Waals surface area contributed by atoms with Crippen molar-refractivity contribution in [2.45, 2.75) is 65.7 Å². The molecule has 1 fully saturated rings. The van der Waals surface area contributed by atoms with E-state index in [4.69, 9.17) is 0 Å². The van der Waals surface area contributed by atoms with E-state index in [1.54, 1.807) is 0 Å². The Morgan fingerprint density at radius 1 is 1.21 bits per heavy atom. The molecule has 0 aliphatic heterocycles. The fourth-order valence-electron chi connectivity index (χ4n) is 2.09. The Labute approximate surface area is 89.3 Å². The van der Waals surface area contributed by atoms with Crippen LogP contribution in [0.2, 0.25) is 0 Å². The van der Waals surface area contributed by atoms with E-state index in [1.165, 1.54) is 38.5 Å². The first-order valence-corrected chi connectivity index (χ1v) is 6.14. The molecule has 1 nitrogen and oxygen atoms in total. The fraction of sp³-hybridized carbons (Fsp3) is 0.923. The van der Waals surface area contributed by atoms with Crippen LogP contribution in [-0.4, -0.2) is 6.29 Å². The zero-order valence-corrected chi connectivity index (χ0v) is 10.1. The minimum Gasteiger partial charge on any atom is -0.303 e. The topological polar surface area (TPSA) is 17.1 Å². The number of carbonyl (C=O) groups is 1. The third kappa shape index (κ3) is 8.28. The van der Waals surface area contributed by atoms with Gasteiger partial charge in [-0.1, -0.05) is 52.9 Å². The lowest BCUT2D eigenvalue weighted by atomic mass is 9.84. The van der Waals surface area contributed by atoms with Crippen LogP contribution in [0.1, 0.15) is 65.7 Å². The van der Waals surface area contributed by atoms with E-state index in [0.29, 0.717) is 6.42 Å². The predicted octanol–water partition coefficient (Wildman–Crippen LogP) is 4.21. The van der Waals surface area contributed by atoms with Gasteiger partial charge in [-0.05, 0) is 18.3 Å². The van der Waals surface area contributed by atoms with Gasteiger partial charge in [0.25, 0.3) is 0 Å². The third-order valence-electron chi connectivity index (χ3n) is 2.70. The Bertz CT molecular complexity index is 123. The van der Waals surface area contributed by atoms with Crippen LogP contribution in [0.15, 0.2) is 0 Å². The molecule has 1 aliphatic rings. The smallest absolute Gasteiger partial charge is 0.119 e. The molecule has 1 saturated carbocycles. The van der Waals surface area contributed by atoms with Gasteiger partial charge in [0.05, 0.1) is 0 Å². The molecular weight excluding hydrogens is 172 g/mol. The lowest BCUT2D eigenvalue weighted by Gasteiger charge is -2.22. The van der Waals surface area contributed by atoms with Crippen molar-refractivity contribution in [2.75, 3.05) is 0 Å². The minimum atomic E-state index is 0.639. The first-order chi connectivity index (χ1) is 6.70. The molecule has 84 valence electrons. The molecule has 0 bridgehead atoms. The fourth-order valence-corrected chi connectivity index (χ4v) is 2.09. The Balaban J connectivity index is 0.000000364. The lowest BCUT2D eigenvalue weighted by Crippen LogP contribution is -2.08. The molecule has 14 heavy (non-hydrogen) atoms. The predicted molar refractivity (Wildman–Crippen MR) is 62.4 cm³/mol. The van der Waals surface area contributed by atoms with Crippen molar-refractivity contribution in [1.82, 2.24) is 0 Å². The SMILES string of the molecule is CC(C)CC1CCCCC1.CCC=O. The maximum atomic E-state index is 9.17. The Morgan fingerprint density at radius 3 is 2.07 bits per heavy atom. The normalized spacial score (nSPS) is 17.4. The Hall–Kier alpha value is -0.330. The molecule has 0 unspecified atom stereocenters. The summed E-state index contributed by atoms with van der Waals surface area (Å²) in [7, 11) is 0. The van der Waals surface area contributed by atoms with E-state index in [1.807, 2.05) is 6.92 Å². The summed E-state index contributed by atoms with van der Waals surface area (Å²) in [5, 5.41) is 0. The number of hydrogen-bond acceptors (Lipinski definition) is 1. The van der Waals surface area contributed by atoms with Crippen molar-refractivity contribution in [1.29, 1.82) is 0 Å². The van der Waals surface area contributed by atoms with Crippen molar-refractivity contribution < 1.29 is 4.79 Å². The standard InChI is InChI=1S/C10H20.C3H6O/c1-9(2)8-10-6-4-3-5-7-10;1-2-3-4/h9-10H,3-8H2,1-2H3;3H,2H2,1H3. The number of aldehydes is 1. The van der Waals surface area contributed by atoms with Crippen molar-refractivity contribution in [3.63, 3.8) is 0 Å². The molecule has 0 aromatic heterocycles. The largest absolute Gasteiger partial charge is 0.303 e. The highest BCUT2D eigenvalue weighted by molar-refractivity contribution is 5.48. The number of carbonyl (C=O) groups excluding carboxylic acids is 1. The molecule has 0 radical (unpaired) electrons. The molecule has 1 rings (SSSR count). The average Bonchev–Trinajstić information content (AvgIpc) is 2.19. The molecule has 0 saturated heterocycles. The maximum Gasteiger partial charge on any atom is 0.119 e. The van der Waals surface area contributed by atoms with Gasteiger partial charge in [0.1, 0.15) is 6.29 Å². The van der Waals surface area contributed by atoms with Crippen LogP contribution in [-0.2, 0) is 4.79 Å². The van der Waals surface area contributed by atoms with Crippen LogP contribution in [0.5, 0.6) is 0 Å². The van der Waals surface area contributed by atoms with Gasteiger partial charge in [-0.15, -0.1) is 0 Å². The Kier molecular flexibility index (Phi) is 9.02. The molecule has 0 spiro atoms. The molecule has 1 heteroatoms. The van der Waals surface area contributed by atoms with Crippen LogP contribution in [0.25, 0.3) is 0 Å². The highest BCUT2D eigenvalue weighted by Gasteiger charge is 2.13. The summed E-state index contributed by atoms with van der Waals surface area (Å²) in [6.45, 7) is 6.50. The molecule has 0 amide bonds. The van der Waals surface area contributed by atoms with Gasteiger partial charge in [-0.2, -0.15) is 0 Å². The highest BCUT2D eigenvalue weighted by atomic mass is 16.1. The van der Waals surface area contributed by atoms with Gasteiger partial charge < -0.3 is 4.79 Å². The Morgan fingerprint density at radius 2 is 1.71 bits per heavy atom. The summed E-state index contributed by atoms with van der Waals surface area (Å²) in [6, 6.07) is 0. The second-order valence-electron chi connectivity index (χ2n) is 4.71. The van der Waals surface area contributed by atoms with Crippen molar-refractivity contribution in [3.8, 4) is 0 Å². The van der Waals surface area contributed by atoms with Crippen LogP contribution in [0.3, 0.4) is 0 Å². The van der Waals surface area contributed by atoms with Gasteiger partial charge in [0, 0.05) is 6.42 Å². The molecule has 0 N–H and O–H groups in total. The quantitative estimate of drug-likeness (QED) is 0.621. The summed E-state index contributed by atoms with van der Waals surface area (Å²) in [5.41, 5.74) is 0. The first-order valence-electron chi connectivity index (χ1n) is 6.14. The summed E-state index contributed by atoms with van der Waals surface area (Å²) < 4.78 is 0. The van der Waals surface area contributed by atoms with E-state index in [9.17, 15) is 4.79 Å². The summed E-state index contributed by atoms with van der Waals surface area (Å²) in [5.74, 6) is 2.00. The first kappa shape index (κ1) is 13.7. The van der Waals surface area contributed by atoms with Gasteiger partial charge in [-0.25, -0.2) is 0 Å². The van der Waals surface area contributed by atoms with Gasteiger partial charge in [0.15, 0.2) is 0 Å². The molecule has 0 aromatic rings. The van der Waals surface area contributed by atoms with E-state index < -0.39 is 0 Å². The zero-order valence-electron chi connectivity index (χ0n) is 10.1. The summed E-state index contributed by atoms with van der Waals surface area (Å²) in [6.07, 6.45) is 10.5. The molecule has 0 atom stereocenters. The second kappa shape index (κ2) is 9.23. The molecule has 0 aromatic carbocycles. The average molecular weight is 198 g/mol. The van der Waals surface area contributed by atoms with E-state index >= 15 is 0 Å². The van der Waals surface area contributed by atoms with Gasteiger partial charge in [0.2, 0.25) is 0 Å². The van der Waals surface area contributed by atoms with E-state index in [2.05, 4.69) is 13.8 Å².